The van der Waals surface area contributed by atoms with Gasteiger partial charge in [-0.25, -0.2) is 14.6 Å². The van der Waals surface area contributed by atoms with Crippen LogP contribution >= 0.6 is 19.9 Å². The van der Waals surface area contributed by atoms with Crippen molar-refractivity contribution >= 4 is 40.3 Å². The third kappa shape index (κ3) is 7.55. The second-order valence-electron chi connectivity index (χ2n) is 14.3. The third-order valence-electron chi connectivity index (χ3n) is 10.3. The highest BCUT2D eigenvalue weighted by molar-refractivity contribution is 7.44. The Kier molecular flexibility index (Phi) is 11.8. The molecule has 0 amide bonds. The average Bonchev–Trinajstić information content (AvgIpc) is 3.59. The molecule has 0 spiro atoms. The van der Waals surface area contributed by atoms with Gasteiger partial charge in [0.1, 0.15) is 32.7 Å². The minimum absolute atomic E-state index is 0.0225. The number of aromatic nitrogens is 3. The van der Waals surface area contributed by atoms with Gasteiger partial charge in [-0.05, 0) is 87.2 Å². The molecule has 1 fully saturated rings. The van der Waals surface area contributed by atoms with Gasteiger partial charge in [0.05, 0.1) is 57.8 Å². The Labute approximate surface area is 332 Å². The monoisotopic (exact) mass is 791 g/mol. The summed E-state index contributed by atoms with van der Waals surface area (Å²) in [6, 6.07) is 30.1. The summed E-state index contributed by atoms with van der Waals surface area (Å²) in [7, 11) is 1.63. The predicted molar refractivity (Wildman–Crippen MR) is 220 cm³/mol. The molecule has 7 rings (SSSR count). The van der Waals surface area contributed by atoms with Gasteiger partial charge in [-0.1, -0.05) is 54.6 Å². The fraction of sp³-hybridized carbons (Fsp3) is 0.349. The normalized spacial score (nSPS) is 18.3. The predicted octanol–water partition coefficient (Wildman–Crippen LogP) is 8.53. The van der Waals surface area contributed by atoms with E-state index in [1.165, 1.54) is 11.3 Å². The van der Waals surface area contributed by atoms with E-state index in [1.807, 2.05) is 106 Å². The number of aryl methyl sites for hydroxylation is 2. The summed E-state index contributed by atoms with van der Waals surface area (Å²) in [5.74, 6) is 1.12. The number of nitrogens with zero attached hydrogens (tertiary/aromatic N) is 5. The number of nitriles is 1. The summed E-state index contributed by atoms with van der Waals surface area (Å²) < 4.78 is 36.0. The lowest BCUT2D eigenvalue weighted by Crippen LogP contribution is -2.46. The number of methoxy groups -OCH3 is 2. The van der Waals surface area contributed by atoms with Crippen LogP contribution in [0.25, 0.3) is 20.4 Å². The van der Waals surface area contributed by atoms with Crippen LogP contribution in [0.3, 0.4) is 0 Å². The summed E-state index contributed by atoms with van der Waals surface area (Å²) in [6.45, 7) is 10.6. The Hall–Kier alpha value is -4.73. The van der Waals surface area contributed by atoms with Crippen molar-refractivity contribution in [3.8, 4) is 17.6 Å². The maximum atomic E-state index is 14.3. The summed E-state index contributed by atoms with van der Waals surface area (Å²) >= 11 is 1.36. The fourth-order valence-electron chi connectivity index (χ4n) is 7.46. The molecule has 0 bridgehead atoms. The molecule has 0 saturated carbocycles. The standard InChI is InChI=1S/C43H46N5O6PS/c1-27(2)48-30(5)31(22-44)24-53-55(48)54-37(23-47-26-45-39-38-28(3)21-29(4)46-41(38)56-40(39)42(47)49)25-52-43(32-11-9-8-10-12-32,33-13-17-35(50-6)18-14-33)34-15-19-36(51-7)20-16-34/h8-21,26-27,30-31,37H,23-25H2,1-7H3. The first-order valence-electron chi connectivity index (χ1n) is 18.6. The quantitative estimate of drug-likeness (QED) is 0.0832. The highest BCUT2D eigenvalue weighted by Gasteiger charge is 2.42. The van der Waals surface area contributed by atoms with Crippen molar-refractivity contribution in [3.63, 3.8) is 0 Å². The molecule has 0 aliphatic carbocycles. The van der Waals surface area contributed by atoms with Gasteiger partial charge >= 0.3 is 0 Å². The van der Waals surface area contributed by atoms with E-state index in [4.69, 9.17) is 33.2 Å². The maximum absolute atomic E-state index is 14.3. The zero-order valence-corrected chi connectivity index (χ0v) is 34.3. The van der Waals surface area contributed by atoms with Crippen molar-refractivity contribution in [3.05, 3.63) is 130 Å². The van der Waals surface area contributed by atoms with Crippen molar-refractivity contribution in [2.45, 2.75) is 65.0 Å². The van der Waals surface area contributed by atoms with Gasteiger partial charge in [-0.3, -0.25) is 9.36 Å². The number of rotatable bonds is 13. The van der Waals surface area contributed by atoms with E-state index in [0.717, 1.165) is 38.2 Å². The van der Waals surface area contributed by atoms with Crippen LogP contribution < -0.4 is 15.0 Å². The van der Waals surface area contributed by atoms with Gasteiger partial charge < -0.3 is 23.3 Å². The first kappa shape index (κ1) is 39.5. The molecule has 290 valence electrons. The molecule has 13 heteroatoms. The topological polar surface area (TPSA) is 121 Å². The highest BCUT2D eigenvalue weighted by atomic mass is 32.1. The van der Waals surface area contributed by atoms with Crippen LogP contribution in [0.4, 0.5) is 0 Å². The molecule has 3 aromatic carbocycles. The second-order valence-corrected chi connectivity index (χ2v) is 16.7. The lowest BCUT2D eigenvalue weighted by atomic mass is 9.80. The van der Waals surface area contributed by atoms with Gasteiger partial charge in [-0.15, -0.1) is 11.3 Å². The maximum Gasteiger partial charge on any atom is 0.271 e. The van der Waals surface area contributed by atoms with Crippen LogP contribution in [0.1, 0.15) is 48.7 Å². The number of fused-ring (bicyclic) bond motifs is 3. The first-order chi connectivity index (χ1) is 27.1. The van der Waals surface area contributed by atoms with Crippen LogP contribution in [0, 0.1) is 31.1 Å². The summed E-state index contributed by atoms with van der Waals surface area (Å²) in [6.07, 6.45) is 0.897. The fourth-order valence-corrected chi connectivity index (χ4v) is 10.5. The van der Waals surface area contributed by atoms with E-state index < -0.39 is 20.2 Å². The SMILES string of the molecule is COc1ccc(C(OCC(Cn2cnc3c(sc4nc(C)cc(C)c43)c2=O)OP2OCC(C#N)C(C)N2C(C)C)(c2ccccc2)c2ccc(OC)cc2)cc1. The van der Waals surface area contributed by atoms with Crippen LogP contribution in [-0.4, -0.2) is 64.8 Å². The van der Waals surface area contributed by atoms with Crippen LogP contribution in [0.2, 0.25) is 0 Å². The average molecular weight is 792 g/mol. The molecule has 1 saturated heterocycles. The molecule has 4 atom stereocenters. The minimum atomic E-state index is -1.65. The molecule has 1 aliphatic rings. The van der Waals surface area contributed by atoms with E-state index in [1.54, 1.807) is 25.1 Å². The molecule has 11 nitrogen and oxygen atoms in total. The van der Waals surface area contributed by atoms with Gasteiger partial charge in [0.25, 0.3) is 14.1 Å². The number of benzene rings is 3. The van der Waals surface area contributed by atoms with Crippen molar-refractivity contribution in [1.82, 2.24) is 19.2 Å². The zero-order valence-electron chi connectivity index (χ0n) is 32.6. The van der Waals surface area contributed by atoms with Crippen molar-refractivity contribution in [1.29, 1.82) is 5.26 Å². The van der Waals surface area contributed by atoms with Crippen molar-refractivity contribution in [2.75, 3.05) is 27.4 Å². The number of hydrogen-bond donors (Lipinski definition) is 0. The summed E-state index contributed by atoms with van der Waals surface area (Å²) in [5, 5.41) is 10.8. The van der Waals surface area contributed by atoms with Gasteiger partial charge in [0.15, 0.2) is 0 Å². The molecule has 3 aromatic heterocycles. The molecule has 0 N–H and O–H groups in total. The Balaban J connectivity index is 1.34. The Morgan fingerprint density at radius 1 is 0.982 bits per heavy atom. The van der Waals surface area contributed by atoms with E-state index in [9.17, 15) is 10.1 Å². The van der Waals surface area contributed by atoms with Gasteiger partial charge in [0.2, 0.25) is 0 Å². The molecule has 4 heterocycles. The van der Waals surface area contributed by atoms with Gasteiger partial charge in [0, 0.05) is 23.2 Å². The van der Waals surface area contributed by atoms with E-state index in [0.29, 0.717) is 21.7 Å². The van der Waals surface area contributed by atoms with Crippen LogP contribution in [-0.2, 0) is 25.9 Å². The van der Waals surface area contributed by atoms with E-state index in [-0.39, 0.29) is 43.3 Å². The Morgan fingerprint density at radius 2 is 1.61 bits per heavy atom. The summed E-state index contributed by atoms with van der Waals surface area (Å²) in [4.78, 5) is 24.7. The Morgan fingerprint density at radius 3 is 2.20 bits per heavy atom. The molecule has 6 aromatic rings. The third-order valence-corrected chi connectivity index (χ3v) is 13.4. The largest absolute Gasteiger partial charge is 0.497 e. The van der Waals surface area contributed by atoms with E-state index in [2.05, 4.69) is 24.6 Å². The molecular weight excluding hydrogens is 746 g/mol. The molecule has 56 heavy (non-hydrogen) atoms. The first-order valence-corrected chi connectivity index (χ1v) is 20.5. The van der Waals surface area contributed by atoms with Crippen molar-refractivity contribution in [2.24, 2.45) is 5.92 Å². The zero-order chi connectivity index (χ0) is 39.6. The smallest absolute Gasteiger partial charge is 0.271 e. The lowest BCUT2D eigenvalue weighted by Gasteiger charge is -2.44. The van der Waals surface area contributed by atoms with Gasteiger partial charge in [-0.2, -0.15) is 5.26 Å². The lowest BCUT2D eigenvalue weighted by molar-refractivity contribution is -0.0421. The van der Waals surface area contributed by atoms with Crippen molar-refractivity contribution < 1.29 is 23.3 Å². The minimum Gasteiger partial charge on any atom is -0.497 e. The molecule has 1 aliphatic heterocycles. The molecule has 0 radical (unpaired) electrons. The van der Waals surface area contributed by atoms with Crippen LogP contribution in [0.5, 0.6) is 11.5 Å². The number of ether oxygens (including phenoxy) is 3. The summed E-state index contributed by atoms with van der Waals surface area (Å²) in [5.41, 5.74) is 3.89. The molecule has 4 unspecified atom stereocenters. The highest BCUT2D eigenvalue weighted by Crippen LogP contribution is 2.52. The van der Waals surface area contributed by atoms with E-state index >= 15 is 0 Å². The second kappa shape index (κ2) is 16.8. The van der Waals surface area contributed by atoms with Crippen LogP contribution in [0.15, 0.2) is 96.1 Å². The molecular formula is C43H46N5O6PS. The number of pyridine rings is 1. The Bertz CT molecular complexity index is 2350. The number of hydrogen-bond acceptors (Lipinski definition) is 11. The number of thiophene rings is 1.